The molecule has 0 spiro atoms. The van der Waals surface area contributed by atoms with E-state index >= 15 is 0 Å². The van der Waals surface area contributed by atoms with Crippen LogP contribution >= 0.6 is 31.9 Å². The SMILES string of the molecule is Cc1ccc(Br)cc1NCc1cc(Br)ccc1OC(F)F. The van der Waals surface area contributed by atoms with Crippen molar-refractivity contribution in [3.05, 3.63) is 56.5 Å². The van der Waals surface area contributed by atoms with Crippen LogP contribution in [-0.4, -0.2) is 6.61 Å². The lowest BCUT2D eigenvalue weighted by atomic mass is 10.1. The predicted octanol–water partition coefficient (Wildman–Crippen LogP) is 5.73. The fraction of sp³-hybridized carbons (Fsp3) is 0.200. The molecule has 0 aliphatic rings. The molecule has 0 saturated carbocycles. The highest BCUT2D eigenvalue weighted by Crippen LogP contribution is 2.27. The zero-order chi connectivity index (χ0) is 15.4. The molecular weight excluding hydrogens is 408 g/mol. The Hall–Kier alpha value is -1.14. The van der Waals surface area contributed by atoms with E-state index in [1.54, 1.807) is 12.1 Å². The summed E-state index contributed by atoms with van der Waals surface area (Å²) in [6, 6.07) is 10.8. The second-order valence-electron chi connectivity index (χ2n) is 4.44. The molecule has 0 saturated heterocycles. The van der Waals surface area contributed by atoms with Crippen LogP contribution in [0.5, 0.6) is 5.75 Å². The van der Waals surface area contributed by atoms with Crippen LogP contribution in [-0.2, 0) is 6.54 Å². The van der Waals surface area contributed by atoms with E-state index in [0.717, 1.165) is 20.2 Å². The number of hydrogen-bond acceptors (Lipinski definition) is 2. The van der Waals surface area contributed by atoms with Crippen molar-refractivity contribution in [1.29, 1.82) is 0 Å². The highest BCUT2D eigenvalue weighted by molar-refractivity contribution is 9.10. The molecule has 0 bridgehead atoms. The Morgan fingerprint density at radius 2 is 1.76 bits per heavy atom. The van der Waals surface area contributed by atoms with Gasteiger partial charge in [-0.25, -0.2) is 0 Å². The van der Waals surface area contributed by atoms with Gasteiger partial charge in [0.15, 0.2) is 0 Å². The Balaban J connectivity index is 2.18. The molecular formula is C15H13Br2F2NO. The molecule has 0 unspecified atom stereocenters. The first-order valence-corrected chi connectivity index (χ1v) is 7.77. The molecule has 21 heavy (non-hydrogen) atoms. The van der Waals surface area contributed by atoms with Crippen molar-refractivity contribution in [3.8, 4) is 5.75 Å². The predicted molar refractivity (Wildman–Crippen MR) is 87.0 cm³/mol. The fourth-order valence-corrected chi connectivity index (χ4v) is 2.64. The summed E-state index contributed by atoms with van der Waals surface area (Å²) in [5.74, 6) is 0.174. The Labute approximate surface area is 138 Å². The lowest BCUT2D eigenvalue weighted by molar-refractivity contribution is -0.0504. The highest BCUT2D eigenvalue weighted by Gasteiger charge is 2.10. The van der Waals surface area contributed by atoms with Crippen LogP contribution in [0, 0.1) is 6.92 Å². The molecule has 0 aliphatic heterocycles. The Bertz CT molecular complexity index is 635. The van der Waals surface area contributed by atoms with Crippen LogP contribution < -0.4 is 10.1 Å². The molecule has 0 aliphatic carbocycles. The van der Waals surface area contributed by atoms with Gasteiger partial charge in [-0.3, -0.25) is 0 Å². The smallest absolute Gasteiger partial charge is 0.387 e. The summed E-state index contributed by atoms with van der Waals surface area (Å²) in [6.07, 6.45) is 0. The number of rotatable bonds is 5. The number of halogens is 4. The van der Waals surface area contributed by atoms with Gasteiger partial charge in [-0.15, -0.1) is 0 Å². The molecule has 0 atom stereocenters. The minimum atomic E-state index is -2.84. The summed E-state index contributed by atoms with van der Waals surface area (Å²) in [5, 5.41) is 3.24. The van der Waals surface area contributed by atoms with Crippen molar-refractivity contribution < 1.29 is 13.5 Å². The van der Waals surface area contributed by atoms with E-state index in [-0.39, 0.29) is 5.75 Å². The van der Waals surface area contributed by atoms with E-state index in [0.29, 0.717) is 12.1 Å². The van der Waals surface area contributed by atoms with Gasteiger partial charge < -0.3 is 10.1 Å². The maximum atomic E-state index is 12.4. The van der Waals surface area contributed by atoms with E-state index in [9.17, 15) is 8.78 Å². The van der Waals surface area contributed by atoms with E-state index in [1.807, 2.05) is 25.1 Å². The minimum absolute atomic E-state index is 0.174. The molecule has 2 nitrogen and oxygen atoms in total. The second-order valence-corrected chi connectivity index (χ2v) is 6.27. The number of anilines is 1. The van der Waals surface area contributed by atoms with Crippen molar-refractivity contribution in [2.75, 3.05) is 5.32 Å². The first kappa shape index (κ1) is 16.2. The molecule has 112 valence electrons. The molecule has 1 N–H and O–H groups in total. The van der Waals surface area contributed by atoms with Crippen molar-refractivity contribution in [3.63, 3.8) is 0 Å². The van der Waals surface area contributed by atoms with Crippen molar-refractivity contribution in [1.82, 2.24) is 0 Å². The first-order chi connectivity index (χ1) is 9.95. The molecule has 2 aromatic carbocycles. The average Bonchev–Trinajstić information content (AvgIpc) is 2.42. The van der Waals surface area contributed by atoms with Gasteiger partial charge in [0, 0.05) is 26.7 Å². The lowest BCUT2D eigenvalue weighted by Gasteiger charge is -2.14. The Morgan fingerprint density at radius 3 is 2.48 bits per heavy atom. The van der Waals surface area contributed by atoms with Gasteiger partial charge in [0.25, 0.3) is 0 Å². The largest absolute Gasteiger partial charge is 0.434 e. The monoisotopic (exact) mass is 419 g/mol. The summed E-state index contributed by atoms with van der Waals surface area (Å²) in [5.41, 5.74) is 2.67. The van der Waals surface area contributed by atoms with Crippen LogP contribution in [0.3, 0.4) is 0 Å². The van der Waals surface area contributed by atoms with Crippen LogP contribution in [0.25, 0.3) is 0 Å². The lowest BCUT2D eigenvalue weighted by Crippen LogP contribution is -2.07. The third-order valence-corrected chi connectivity index (χ3v) is 3.89. The molecule has 0 aromatic heterocycles. The summed E-state index contributed by atoms with van der Waals surface area (Å²) in [7, 11) is 0. The molecule has 2 rings (SSSR count). The number of nitrogens with one attached hydrogen (secondary N) is 1. The van der Waals surface area contributed by atoms with Crippen molar-refractivity contribution in [2.45, 2.75) is 20.1 Å². The average molecular weight is 421 g/mol. The molecule has 0 radical (unpaired) electrons. The van der Waals surface area contributed by atoms with Crippen LogP contribution in [0.4, 0.5) is 14.5 Å². The van der Waals surface area contributed by atoms with Crippen molar-refractivity contribution in [2.24, 2.45) is 0 Å². The van der Waals surface area contributed by atoms with E-state index < -0.39 is 6.61 Å². The Kier molecular flexibility index (Phi) is 5.58. The van der Waals surface area contributed by atoms with Gasteiger partial charge in [-0.05, 0) is 42.8 Å². The van der Waals surface area contributed by atoms with Crippen LogP contribution in [0.2, 0.25) is 0 Å². The molecule has 2 aromatic rings. The summed E-state index contributed by atoms with van der Waals surface area (Å²) in [6.45, 7) is -0.470. The Morgan fingerprint density at radius 1 is 1.10 bits per heavy atom. The van der Waals surface area contributed by atoms with E-state index in [4.69, 9.17) is 0 Å². The summed E-state index contributed by atoms with van der Waals surface area (Å²) < 4.78 is 31.1. The number of alkyl halides is 2. The van der Waals surface area contributed by atoms with E-state index in [2.05, 4.69) is 41.9 Å². The molecule has 0 heterocycles. The van der Waals surface area contributed by atoms with Crippen LogP contribution in [0.15, 0.2) is 45.3 Å². The maximum Gasteiger partial charge on any atom is 0.387 e. The van der Waals surface area contributed by atoms with Gasteiger partial charge in [0.1, 0.15) is 5.75 Å². The fourth-order valence-electron chi connectivity index (χ4n) is 1.87. The van der Waals surface area contributed by atoms with Gasteiger partial charge in [0.05, 0.1) is 0 Å². The van der Waals surface area contributed by atoms with Gasteiger partial charge in [-0.2, -0.15) is 8.78 Å². The normalized spacial score (nSPS) is 10.8. The number of hydrogen-bond donors (Lipinski definition) is 1. The quantitative estimate of drug-likeness (QED) is 0.666. The zero-order valence-corrected chi connectivity index (χ0v) is 14.3. The van der Waals surface area contributed by atoms with Gasteiger partial charge in [-0.1, -0.05) is 37.9 Å². The number of aryl methyl sites for hydroxylation is 1. The van der Waals surface area contributed by atoms with Crippen molar-refractivity contribution >= 4 is 37.5 Å². The zero-order valence-electron chi connectivity index (χ0n) is 11.2. The number of benzene rings is 2. The standard InChI is InChI=1S/C15H13Br2F2NO/c1-9-2-3-12(17)7-13(9)20-8-10-6-11(16)4-5-14(10)21-15(18)19/h2-7,15,20H,8H2,1H3. The van der Waals surface area contributed by atoms with Gasteiger partial charge >= 0.3 is 6.61 Å². The summed E-state index contributed by atoms with van der Waals surface area (Å²) >= 11 is 6.75. The first-order valence-electron chi connectivity index (χ1n) is 6.19. The highest BCUT2D eigenvalue weighted by atomic mass is 79.9. The third kappa shape index (κ3) is 4.68. The third-order valence-electron chi connectivity index (χ3n) is 2.91. The molecule has 0 fully saturated rings. The van der Waals surface area contributed by atoms with Gasteiger partial charge in [0.2, 0.25) is 0 Å². The topological polar surface area (TPSA) is 21.3 Å². The second kappa shape index (κ2) is 7.22. The van der Waals surface area contributed by atoms with E-state index in [1.165, 1.54) is 6.07 Å². The van der Waals surface area contributed by atoms with Crippen LogP contribution in [0.1, 0.15) is 11.1 Å². The summed E-state index contributed by atoms with van der Waals surface area (Å²) in [4.78, 5) is 0. The molecule has 6 heteroatoms. The maximum absolute atomic E-state index is 12.4. The minimum Gasteiger partial charge on any atom is -0.434 e. The molecule has 0 amide bonds. The number of ether oxygens (including phenoxy) is 1.